The lowest BCUT2D eigenvalue weighted by molar-refractivity contribution is 0.199. The van der Waals surface area contributed by atoms with Crippen LogP contribution in [0.5, 0.6) is 0 Å². The molecule has 0 aliphatic heterocycles. The molecule has 0 saturated heterocycles. The molecule has 1 aliphatic carbocycles. The molecule has 0 radical (unpaired) electrons. The van der Waals surface area contributed by atoms with Crippen LogP contribution in [0.4, 0.5) is 0 Å². The zero-order valence-corrected chi connectivity index (χ0v) is 8.90. The van der Waals surface area contributed by atoms with Crippen LogP contribution in [0.25, 0.3) is 0 Å². The average Bonchev–Trinajstić information content (AvgIpc) is 2.17. The van der Waals surface area contributed by atoms with Crippen molar-refractivity contribution in [3.63, 3.8) is 0 Å². The van der Waals surface area contributed by atoms with Gasteiger partial charge in [0.15, 0.2) is 0 Å². The maximum absolute atomic E-state index is 5.88. The Labute approximate surface area is 81.6 Å². The molecule has 0 aromatic rings. The lowest BCUT2D eigenvalue weighted by Gasteiger charge is -2.39. The molecule has 1 aliphatic rings. The fourth-order valence-corrected chi connectivity index (χ4v) is 2.36. The number of hydrogen-bond acceptors (Lipinski definition) is 2. The zero-order chi connectivity index (χ0) is 9.90. The van der Waals surface area contributed by atoms with Crippen LogP contribution < -0.4 is 11.1 Å². The van der Waals surface area contributed by atoms with Crippen LogP contribution >= 0.6 is 0 Å². The van der Waals surface area contributed by atoms with Gasteiger partial charge in [-0.3, -0.25) is 0 Å². The second-order valence-corrected chi connectivity index (χ2v) is 4.22. The molecule has 0 aromatic heterocycles. The van der Waals surface area contributed by atoms with E-state index in [4.69, 9.17) is 5.73 Å². The molecular formula is C11H22N2. The topological polar surface area (TPSA) is 38.0 Å². The van der Waals surface area contributed by atoms with Crippen molar-refractivity contribution < 1.29 is 0 Å². The van der Waals surface area contributed by atoms with Gasteiger partial charge in [0.1, 0.15) is 0 Å². The van der Waals surface area contributed by atoms with E-state index in [1.165, 1.54) is 25.7 Å². The van der Waals surface area contributed by atoms with Crippen molar-refractivity contribution in [1.29, 1.82) is 0 Å². The van der Waals surface area contributed by atoms with Gasteiger partial charge < -0.3 is 11.1 Å². The third kappa shape index (κ3) is 2.05. The summed E-state index contributed by atoms with van der Waals surface area (Å²) in [5, 5.41) is 3.33. The normalized spacial score (nSPS) is 34.5. The third-order valence-electron chi connectivity index (χ3n) is 3.71. The Morgan fingerprint density at radius 1 is 1.54 bits per heavy atom. The molecule has 2 heteroatoms. The van der Waals surface area contributed by atoms with Gasteiger partial charge in [-0.15, -0.1) is 0 Å². The fourth-order valence-electron chi connectivity index (χ4n) is 2.36. The summed E-state index contributed by atoms with van der Waals surface area (Å²) in [7, 11) is 2.04. The van der Waals surface area contributed by atoms with Crippen molar-refractivity contribution in [1.82, 2.24) is 5.32 Å². The van der Waals surface area contributed by atoms with Gasteiger partial charge in [0, 0.05) is 17.2 Å². The monoisotopic (exact) mass is 182 g/mol. The van der Waals surface area contributed by atoms with E-state index in [1.54, 1.807) is 0 Å². The highest BCUT2D eigenvalue weighted by molar-refractivity contribution is 5.08. The Kier molecular flexibility index (Phi) is 3.37. The minimum atomic E-state index is 0.243. The van der Waals surface area contributed by atoms with Crippen LogP contribution in [0.2, 0.25) is 0 Å². The quantitative estimate of drug-likeness (QED) is 0.700. The smallest absolute Gasteiger partial charge is 0.00911 e. The number of hydrogen-bond donors (Lipinski definition) is 2. The van der Waals surface area contributed by atoms with E-state index in [9.17, 15) is 0 Å². The first-order chi connectivity index (χ1) is 6.14. The highest BCUT2D eigenvalue weighted by Gasteiger charge is 2.34. The van der Waals surface area contributed by atoms with Gasteiger partial charge in [0.2, 0.25) is 0 Å². The van der Waals surface area contributed by atoms with Gasteiger partial charge in [-0.1, -0.05) is 13.5 Å². The summed E-state index contributed by atoms with van der Waals surface area (Å²) in [6, 6.07) is 0.694. The number of allylic oxidation sites excluding steroid dienone is 1. The number of rotatable bonds is 3. The molecule has 0 spiro atoms. The molecule has 0 aromatic carbocycles. The Bertz CT molecular complexity index is 179. The third-order valence-corrected chi connectivity index (χ3v) is 3.71. The highest BCUT2D eigenvalue weighted by atomic mass is 14.9. The minimum absolute atomic E-state index is 0.243. The van der Waals surface area contributed by atoms with Crippen molar-refractivity contribution >= 4 is 0 Å². The molecule has 0 atom stereocenters. The van der Waals surface area contributed by atoms with Crippen LogP contribution in [-0.2, 0) is 0 Å². The standard InChI is InChI=1S/C11H22N2/c1-4-11(9(2)12)7-5-10(13-3)6-8-11/h10,13H,2,4-8,12H2,1,3H3. The first-order valence-corrected chi connectivity index (χ1v) is 5.27. The van der Waals surface area contributed by atoms with Crippen molar-refractivity contribution in [3.05, 3.63) is 12.3 Å². The Balaban J connectivity index is 2.58. The average molecular weight is 182 g/mol. The van der Waals surface area contributed by atoms with Crippen molar-refractivity contribution in [2.75, 3.05) is 7.05 Å². The van der Waals surface area contributed by atoms with E-state index in [2.05, 4.69) is 18.8 Å². The van der Waals surface area contributed by atoms with Gasteiger partial charge in [-0.25, -0.2) is 0 Å². The summed E-state index contributed by atoms with van der Waals surface area (Å²) in [5.41, 5.74) is 7.02. The molecule has 1 fully saturated rings. The SMILES string of the molecule is C=C(N)C1(CC)CCC(NC)CC1. The second kappa shape index (κ2) is 4.14. The molecule has 0 heterocycles. The summed E-state index contributed by atoms with van der Waals surface area (Å²) >= 11 is 0. The Hall–Kier alpha value is -0.500. The van der Waals surface area contributed by atoms with E-state index < -0.39 is 0 Å². The molecule has 1 rings (SSSR count). The number of nitrogens with two attached hydrogens (primary N) is 1. The molecule has 1 saturated carbocycles. The predicted molar refractivity (Wildman–Crippen MR) is 57.4 cm³/mol. The molecule has 0 amide bonds. The molecule has 76 valence electrons. The van der Waals surface area contributed by atoms with Crippen molar-refractivity contribution in [3.8, 4) is 0 Å². The first kappa shape index (κ1) is 10.6. The van der Waals surface area contributed by atoms with Gasteiger partial charge in [-0.05, 0) is 39.2 Å². The maximum Gasteiger partial charge on any atom is 0.00911 e. The lowest BCUT2D eigenvalue weighted by Crippen LogP contribution is -2.38. The largest absolute Gasteiger partial charge is 0.402 e. The van der Waals surface area contributed by atoms with E-state index in [-0.39, 0.29) is 5.41 Å². The maximum atomic E-state index is 5.88. The zero-order valence-electron chi connectivity index (χ0n) is 8.90. The van der Waals surface area contributed by atoms with Gasteiger partial charge in [0.05, 0.1) is 0 Å². The fraction of sp³-hybridized carbons (Fsp3) is 0.818. The minimum Gasteiger partial charge on any atom is -0.402 e. The molecule has 3 N–H and O–H groups in total. The van der Waals surface area contributed by atoms with Gasteiger partial charge in [-0.2, -0.15) is 0 Å². The summed E-state index contributed by atoms with van der Waals surface area (Å²) in [4.78, 5) is 0. The Morgan fingerprint density at radius 3 is 2.38 bits per heavy atom. The summed E-state index contributed by atoms with van der Waals surface area (Å²) in [5.74, 6) is 0. The Morgan fingerprint density at radius 2 is 2.08 bits per heavy atom. The lowest BCUT2D eigenvalue weighted by atomic mass is 9.69. The number of nitrogens with one attached hydrogen (secondary N) is 1. The summed E-state index contributed by atoms with van der Waals surface area (Å²) < 4.78 is 0. The molecular weight excluding hydrogens is 160 g/mol. The van der Waals surface area contributed by atoms with Crippen LogP contribution in [-0.4, -0.2) is 13.1 Å². The van der Waals surface area contributed by atoms with E-state index in [0.717, 1.165) is 12.1 Å². The van der Waals surface area contributed by atoms with Crippen LogP contribution in [0, 0.1) is 5.41 Å². The van der Waals surface area contributed by atoms with Crippen molar-refractivity contribution in [2.45, 2.75) is 45.1 Å². The molecule has 13 heavy (non-hydrogen) atoms. The van der Waals surface area contributed by atoms with E-state index >= 15 is 0 Å². The van der Waals surface area contributed by atoms with Crippen LogP contribution in [0.15, 0.2) is 12.3 Å². The molecule has 0 bridgehead atoms. The van der Waals surface area contributed by atoms with E-state index in [0.29, 0.717) is 6.04 Å². The predicted octanol–water partition coefficient (Wildman–Crippen LogP) is 2.02. The van der Waals surface area contributed by atoms with E-state index in [1.807, 2.05) is 7.05 Å². The van der Waals surface area contributed by atoms with Crippen molar-refractivity contribution in [2.24, 2.45) is 11.1 Å². The van der Waals surface area contributed by atoms with Gasteiger partial charge in [0.25, 0.3) is 0 Å². The van der Waals surface area contributed by atoms with Gasteiger partial charge >= 0.3 is 0 Å². The first-order valence-electron chi connectivity index (χ1n) is 5.27. The highest BCUT2D eigenvalue weighted by Crippen LogP contribution is 2.42. The van der Waals surface area contributed by atoms with Crippen LogP contribution in [0.3, 0.4) is 0 Å². The summed E-state index contributed by atoms with van der Waals surface area (Å²) in [6.07, 6.45) is 6.01. The molecule has 2 nitrogen and oxygen atoms in total. The molecule has 0 unspecified atom stereocenters. The van der Waals surface area contributed by atoms with Crippen LogP contribution in [0.1, 0.15) is 39.0 Å². The second-order valence-electron chi connectivity index (χ2n) is 4.22. The summed E-state index contributed by atoms with van der Waals surface area (Å²) in [6.45, 7) is 6.15.